The highest BCUT2D eigenvalue weighted by atomic mass is 16.4. The minimum absolute atomic E-state index is 0.576. The highest BCUT2D eigenvalue weighted by molar-refractivity contribution is 5.96. The molecule has 0 fully saturated rings. The molecule has 4 heteroatoms. The van der Waals surface area contributed by atoms with E-state index in [1.807, 2.05) is 0 Å². The molecule has 0 saturated carbocycles. The van der Waals surface area contributed by atoms with Crippen molar-refractivity contribution >= 4 is 11.8 Å². The van der Waals surface area contributed by atoms with Crippen molar-refractivity contribution in [2.24, 2.45) is 5.92 Å². The van der Waals surface area contributed by atoms with Crippen molar-refractivity contribution in [2.45, 2.75) is 20.0 Å². The number of aliphatic hydroxyl groups is 1. The Balaban J connectivity index is 4.28. The lowest BCUT2D eigenvalue weighted by atomic mass is 10.0. The molecule has 0 rings (SSSR count). The quantitative estimate of drug-likeness (QED) is 0.594. The lowest BCUT2D eigenvalue weighted by molar-refractivity contribution is -0.148. The number of carbonyl (C=O) groups excluding carboxylic acids is 1. The SMILES string of the molecule is CC=CC(=O)C(O)C(C)C(=O)O. The molecule has 0 bridgehead atoms. The van der Waals surface area contributed by atoms with Gasteiger partial charge in [0.1, 0.15) is 6.10 Å². The Morgan fingerprint density at radius 1 is 1.42 bits per heavy atom. The summed E-state index contributed by atoms with van der Waals surface area (Å²) in [6.07, 6.45) is 1.17. The third kappa shape index (κ3) is 2.84. The van der Waals surface area contributed by atoms with Crippen LogP contribution in [0.25, 0.3) is 0 Å². The number of carbonyl (C=O) groups is 2. The standard InChI is InChI=1S/C8H12O4/c1-3-4-6(9)7(10)5(2)8(11)12/h3-5,7,10H,1-2H3,(H,11,12). The third-order valence-corrected chi connectivity index (χ3v) is 1.49. The van der Waals surface area contributed by atoms with Crippen molar-refractivity contribution in [1.29, 1.82) is 0 Å². The van der Waals surface area contributed by atoms with Crippen LogP contribution in [0.1, 0.15) is 13.8 Å². The van der Waals surface area contributed by atoms with E-state index in [4.69, 9.17) is 10.2 Å². The molecular weight excluding hydrogens is 160 g/mol. The van der Waals surface area contributed by atoms with Crippen molar-refractivity contribution in [3.63, 3.8) is 0 Å². The summed E-state index contributed by atoms with van der Waals surface area (Å²) in [5.41, 5.74) is 0. The van der Waals surface area contributed by atoms with Crippen molar-refractivity contribution in [3.05, 3.63) is 12.2 Å². The fourth-order valence-electron chi connectivity index (χ4n) is 0.644. The van der Waals surface area contributed by atoms with Crippen LogP contribution in [-0.4, -0.2) is 28.1 Å². The Labute approximate surface area is 70.5 Å². The number of allylic oxidation sites excluding steroid dienone is 1. The Bertz CT molecular complexity index is 207. The van der Waals surface area contributed by atoms with Gasteiger partial charge in [0.25, 0.3) is 0 Å². The molecule has 12 heavy (non-hydrogen) atoms. The van der Waals surface area contributed by atoms with Crippen molar-refractivity contribution in [1.82, 2.24) is 0 Å². The maximum absolute atomic E-state index is 10.9. The second kappa shape index (κ2) is 4.66. The van der Waals surface area contributed by atoms with Gasteiger partial charge < -0.3 is 10.2 Å². The summed E-state index contributed by atoms with van der Waals surface area (Å²) in [5, 5.41) is 17.5. The zero-order valence-electron chi connectivity index (χ0n) is 7.02. The van der Waals surface area contributed by atoms with E-state index >= 15 is 0 Å². The Morgan fingerprint density at radius 3 is 2.25 bits per heavy atom. The molecule has 2 N–H and O–H groups in total. The van der Waals surface area contributed by atoms with Crippen LogP contribution in [0.3, 0.4) is 0 Å². The predicted molar refractivity (Wildman–Crippen MR) is 42.6 cm³/mol. The maximum atomic E-state index is 10.9. The van der Waals surface area contributed by atoms with Gasteiger partial charge in [0.2, 0.25) is 0 Å². The van der Waals surface area contributed by atoms with Gasteiger partial charge in [-0.15, -0.1) is 0 Å². The number of hydrogen-bond acceptors (Lipinski definition) is 3. The third-order valence-electron chi connectivity index (χ3n) is 1.49. The van der Waals surface area contributed by atoms with Crippen LogP contribution in [0.4, 0.5) is 0 Å². The van der Waals surface area contributed by atoms with Crippen LogP contribution in [0.5, 0.6) is 0 Å². The lowest BCUT2D eigenvalue weighted by Crippen LogP contribution is -2.31. The van der Waals surface area contributed by atoms with E-state index in [0.717, 1.165) is 6.08 Å². The van der Waals surface area contributed by atoms with Gasteiger partial charge in [-0.3, -0.25) is 9.59 Å². The average Bonchev–Trinajstić information content (AvgIpc) is 2.02. The van der Waals surface area contributed by atoms with E-state index in [2.05, 4.69) is 0 Å². The first-order valence-corrected chi connectivity index (χ1v) is 3.58. The molecule has 0 radical (unpaired) electrons. The summed E-state index contributed by atoms with van der Waals surface area (Å²) in [5.74, 6) is -2.82. The molecule has 2 atom stereocenters. The van der Waals surface area contributed by atoms with Gasteiger partial charge in [-0.05, 0) is 19.9 Å². The molecule has 0 heterocycles. The molecule has 0 aromatic heterocycles. The highest BCUT2D eigenvalue weighted by Crippen LogP contribution is 2.04. The molecule has 2 unspecified atom stereocenters. The first kappa shape index (κ1) is 10.8. The molecule has 0 aromatic carbocycles. The van der Waals surface area contributed by atoms with E-state index in [0.29, 0.717) is 0 Å². The fourth-order valence-corrected chi connectivity index (χ4v) is 0.644. The van der Waals surface area contributed by atoms with Crippen molar-refractivity contribution in [3.8, 4) is 0 Å². The zero-order valence-corrected chi connectivity index (χ0v) is 7.02. The summed E-state index contributed by atoms with van der Waals surface area (Å²) >= 11 is 0. The molecule has 0 aliphatic rings. The second-order valence-corrected chi connectivity index (χ2v) is 2.47. The summed E-state index contributed by atoms with van der Waals surface area (Å²) in [7, 11) is 0. The minimum Gasteiger partial charge on any atom is -0.481 e. The summed E-state index contributed by atoms with van der Waals surface area (Å²) in [4.78, 5) is 21.2. The van der Waals surface area contributed by atoms with Gasteiger partial charge in [-0.2, -0.15) is 0 Å². The van der Waals surface area contributed by atoms with E-state index in [1.54, 1.807) is 6.92 Å². The normalized spacial score (nSPS) is 15.9. The number of hydrogen-bond donors (Lipinski definition) is 2. The first-order chi connectivity index (χ1) is 5.50. The number of aliphatic hydroxyl groups excluding tert-OH is 1. The second-order valence-electron chi connectivity index (χ2n) is 2.47. The van der Waals surface area contributed by atoms with Crippen LogP contribution < -0.4 is 0 Å². The molecule has 0 spiro atoms. The average molecular weight is 172 g/mol. The van der Waals surface area contributed by atoms with Crippen LogP contribution in [0, 0.1) is 5.92 Å². The van der Waals surface area contributed by atoms with Crippen molar-refractivity contribution in [2.75, 3.05) is 0 Å². The van der Waals surface area contributed by atoms with Gasteiger partial charge in [0.05, 0.1) is 5.92 Å². The van der Waals surface area contributed by atoms with Gasteiger partial charge >= 0.3 is 5.97 Å². The molecule has 4 nitrogen and oxygen atoms in total. The molecule has 0 aliphatic carbocycles. The summed E-state index contributed by atoms with van der Waals surface area (Å²) in [6.45, 7) is 2.91. The van der Waals surface area contributed by atoms with Crippen LogP contribution >= 0.6 is 0 Å². The van der Waals surface area contributed by atoms with Crippen molar-refractivity contribution < 1.29 is 19.8 Å². The lowest BCUT2D eigenvalue weighted by Gasteiger charge is -2.10. The fraction of sp³-hybridized carbons (Fsp3) is 0.500. The molecule has 0 aromatic rings. The number of rotatable bonds is 4. The molecule has 68 valence electrons. The predicted octanol–water partition coefficient (Wildman–Crippen LogP) is 0.213. The minimum atomic E-state index is -1.45. The van der Waals surface area contributed by atoms with E-state index in [1.165, 1.54) is 13.0 Å². The van der Waals surface area contributed by atoms with Gasteiger partial charge in [0, 0.05) is 0 Å². The number of ketones is 1. The van der Waals surface area contributed by atoms with Crippen LogP contribution in [-0.2, 0) is 9.59 Å². The Hall–Kier alpha value is -1.16. The first-order valence-electron chi connectivity index (χ1n) is 3.58. The van der Waals surface area contributed by atoms with E-state index in [-0.39, 0.29) is 0 Å². The summed E-state index contributed by atoms with van der Waals surface area (Å²) in [6, 6.07) is 0. The molecule has 0 saturated heterocycles. The smallest absolute Gasteiger partial charge is 0.309 e. The topological polar surface area (TPSA) is 74.6 Å². The number of carboxylic acid groups (broad SMARTS) is 1. The molecular formula is C8H12O4. The monoisotopic (exact) mass is 172 g/mol. The maximum Gasteiger partial charge on any atom is 0.309 e. The van der Waals surface area contributed by atoms with Gasteiger partial charge in [-0.25, -0.2) is 0 Å². The Kier molecular flexibility index (Phi) is 4.21. The van der Waals surface area contributed by atoms with E-state index < -0.39 is 23.8 Å². The van der Waals surface area contributed by atoms with Crippen LogP contribution in [0.15, 0.2) is 12.2 Å². The largest absolute Gasteiger partial charge is 0.481 e. The highest BCUT2D eigenvalue weighted by Gasteiger charge is 2.25. The van der Waals surface area contributed by atoms with Gasteiger partial charge in [-0.1, -0.05) is 6.08 Å². The van der Waals surface area contributed by atoms with E-state index in [9.17, 15) is 9.59 Å². The number of carboxylic acids is 1. The zero-order chi connectivity index (χ0) is 9.72. The summed E-state index contributed by atoms with van der Waals surface area (Å²) < 4.78 is 0. The van der Waals surface area contributed by atoms with Gasteiger partial charge in [0.15, 0.2) is 5.78 Å². The Morgan fingerprint density at radius 2 is 1.92 bits per heavy atom. The molecule has 0 aliphatic heterocycles. The molecule has 0 amide bonds. The number of aliphatic carboxylic acids is 1. The van der Waals surface area contributed by atoms with Crippen LogP contribution in [0.2, 0.25) is 0 Å².